The number of carbonyl (C=O) groups excluding carboxylic acids is 1. The number of nitrogens with one attached hydrogen (secondary N) is 1. The molecule has 0 saturated carbocycles. The topological polar surface area (TPSA) is 124 Å². The fourth-order valence-electron chi connectivity index (χ4n) is 1.25. The number of anilines is 1. The van der Waals surface area contributed by atoms with Crippen molar-refractivity contribution in [1.29, 1.82) is 0 Å². The van der Waals surface area contributed by atoms with Crippen molar-refractivity contribution in [3.05, 3.63) is 29.3 Å². The van der Waals surface area contributed by atoms with Gasteiger partial charge >= 0.3 is 11.9 Å². The number of aliphatic hydroxyl groups is 1. The van der Waals surface area contributed by atoms with E-state index in [-0.39, 0.29) is 5.69 Å². The molecule has 0 atom stereocenters. The molecular weight excluding hydrogens is 230 g/mol. The molecule has 4 N–H and O–H groups in total. The van der Waals surface area contributed by atoms with Gasteiger partial charge in [0.25, 0.3) is 0 Å². The molecule has 7 heteroatoms. The standard InChI is InChI=1S/C10H9NO6/c12-4-7(13)11-6-3-1-2-5(9(14)15)8(6)10(16)17/h1-3,12H,4H2,(H,11,13)(H,14,15)(H,16,17). The van der Waals surface area contributed by atoms with Crippen molar-refractivity contribution in [2.24, 2.45) is 0 Å². The van der Waals surface area contributed by atoms with Crippen LogP contribution < -0.4 is 5.32 Å². The minimum atomic E-state index is -1.48. The Hall–Kier alpha value is -2.41. The molecule has 0 aromatic heterocycles. The molecule has 1 aromatic carbocycles. The number of benzene rings is 1. The highest BCUT2D eigenvalue weighted by atomic mass is 16.4. The van der Waals surface area contributed by atoms with Gasteiger partial charge in [-0.25, -0.2) is 9.59 Å². The van der Waals surface area contributed by atoms with Crippen molar-refractivity contribution in [3.8, 4) is 0 Å². The Balaban J connectivity index is 3.30. The van der Waals surface area contributed by atoms with E-state index in [1.807, 2.05) is 0 Å². The summed E-state index contributed by atoms with van der Waals surface area (Å²) in [7, 11) is 0. The summed E-state index contributed by atoms with van der Waals surface area (Å²) in [5.74, 6) is -3.71. The first kappa shape index (κ1) is 12.7. The molecule has 0 fully saturated rings. The molecule has 1 rings (SSSR count). The minimum absolute atomic E-state index is 0.170. The highest BCUT2D eigenvalue weighted by Gasteiger charge is 2.20. The maximum absolute atomic E-state index is 10.9. The van der Waals surface area contributed by atoms with Crippen LogP contribution >= 0.6 is 0 Å². The molecule has 0 bridgehead atoms. The molecule has 17 heavy (non-hydrogen) atoms. The first-order valence-corrected chi connectivity index (χ1v) is 4.47. The zero-order chi connectivity index (χ0) is 13.0. The molecule has 0 heterocycles. The van der Waals surface area contributed by atoms with E-state index >= 15 is 0 Å². The predicted molar refractivity (Wildman–Crippen MR) is 56.1 cm³/mol. The van der Waals surface area contributed by atoms with Gasteiger partial charge < -0.3 is 20.6 Å². The summed E-state index contributed by atoms with van der Waals surface area (Å²) in [5, 5.41) is 28.3. The van der Waals surface area contributed by atoms with E-state index in [1.165, 1.54) is 12.1 Å². The largest absolute Gasteiger partial charge is 0.478 e. The van der Waals surface area contributed by atoms with E-state index in [9.17, 15) is 14.4 Å². The summed E-state index contributed by atoms with van der Waals surface area (Å²) >= 11 is 0. The second-order valence-corrected chi connectivity index (χ2v) is 3.04. The lowest BCUT2D eigenvalue weighted by atomic mass is 10.1. The lowest BCUT2D eigenvalue weighted by molar-refractivity contribution is -0.118. The molecule has 1 aromatic rings. The quantitative estimate of drug-likeness (QED) is 0.586. The maximum Gasteiger partial charge on any atom is 0.338 e. The van der Waals surface area contributed by atoms with E-state index < -0.39 is 35.6 Å². The van der Waals surface area contributed by atoms with Gasteiger partial charge in [0.2, 0.25) is 5.91 Å². The normalized spacial score (nSPS) is 9.71. The van der Waals surface area contributed by atoms with Gasteiger partial charge in [0.1, 0.15) is 6.61 Å². The number of hydrogen-bond acceptors (Lipinski definition) is 4. The number of carboxylic acids is 2. The lowest BCUT2D eigenvalue weighted by Gasteiger charge is -2.09. The van der Waals surface area contributed by atoms with Crippen molar-refractivity contribution < 1.29 is 29.7 Å². The molecule has 0 aliphatic carbocycles. The number of rotatable bonds is 4. The average molecular weight is 239 g/mol. The predicted octanol–water partition coefficient (Wildman–Crippen LogP) is 0.0138. The molecular formula is C10H9NO6. The average Bonchev–Trinajstić information content (AvgIpc) is 2.28. The number of aliphatic hydroxyl groups excluding tert-OH is 1. The summed E-state index contributed by atoms with van der Waals surface area (Å²) in [6.07, 6.45) is 0. The van der Waals surface area contributed by atoms with E-state index in [1.54, 1.807) is 0 Å². The van der Waals surface area contributed by atoms with E-state index in [4.69, 9.17) is 15.3 Å². The van der Waals surface area contributed by atoms with Gasteiger partial charge in [-0.3, -0.25) is 4.79 Å². The Labute approximate surface area is 95.3 Å². The van der Waals surface area contributed by atoms with Crippen LogP contribution in [0.5, 0.6) is 0 Å². The Kier molecular flexibility index (Phi) is 3.78. The second kappa shape index (κ2) is 5.08. The van der Waals surface area contributed by atoms with Gasteiger partial charge in [-0.2, -0.15) is 0 Å². The van der Waals surface area contributed by atoms with Gasteiger partial charge in [-0.1, -0.05) is 6.07 Å². The zero-order valence-corrected chi connectivity index (χ0v) is 8.51. The van der Waals surface area contributed by atoms with Crippen LogP contribution in [-0.2, 0) is 4.79 Å². The molecule has 0 saturated heterocycles. The van der Waals surface area contributed by atoms with Crippen LogP contribution in [0.2, 0.25) is 0 Å². The minimum Gasteiger partial charge on any atom is -0.478 e. The third-order valence-electron chi connectivity index (χ3n) is 1.93. The highest BCUT2D eigenvalue weighted by molar-refractivity contribution is 6.08. The summed E-state index contributed by atoms with van der Waals surface area (Å²) in [4.78, 5) is 32.7. The second-order valence-electron chi connectivity index (χ2n) is 3.04. The Bertz CT molecular complexity index is 482. The SMILES string of the molecule is O=C(CO)Nc1cccc(C(=O)O)c1C(=O)O. The Morgan fingerprint density at radius 3 is 2.24 bits per heavy atom. The molecule has 90 valence electrons. The van der Waals surface area contributed by atoms with Crippen molar-refractivity contribution in [1.82, 2.24) is 0 Å². The third-order valence-corrected chi connectivity index (χ3v) is 1.93. The van der Waals surface area contributed by atoms with Gasteiger partial charge in [0.05, 0.1) is 16.8 Å². The molecule has 0 unspecified atom stereocenters. The van der Waals surface area contributed by atoms with Crippen LogP contribution in [0.3, 0.4) is 0 Å². The van der Waals surface area contributed by atoms with Crippen LogP contribution in [-0.4, -0.2) is 39.8 Å². The maximum atomic E-state index is 10.9. The number of hydrogen-bond donors (Lipinski definition) is 4. The first-order valence-electron chi connectivity index (χ1n) is 4.47. The monoisotopic (exact) mass is 239 g/mol. The van der Waals surface area contributed by atoms with Crippen LogP contribution in [0.25, 0.3) is 0 Å². The molecule has 0 aliphatic heterocycles. The fraction of sp³-hybridized carbons (Fsp3) is 0.100. The summed E-state index contributed by atoms with van der Waals surface area (Å²) in [6, 6.07) is 3.65. The summed E-state index contributed by atoms with van der Waals surface area (Å²) in [6.45, 7) is -0.823. The first-order chi connectivity index (χ1) is 7.97. The number of amides is 1. The van der Waals surface area contributed by atoms with E-state index in [0.717, 1.165) is 6.07 Å². The fourth-order valence-corrected chi connectivity index (χ4v) is 1.25. The molecule has 0 spiro atoms. The number of aromatic carboxylic acids is 2. The summed E-state index contributed by atoms with van der Waals surface area (Å²) in [5.41, 5.74) is -1.13. The van der Waals surface area contributed by atoms with Crippen molar-refractivity contribution in [2.45, 2.75) is 0 Å². The van der Waals surface area contributed by atoms with Gasteiger partial charge in [-0.05, 0) is 12.1 Å². The van der Waals surface area contributed by atoms with Crippen molar-refractivity contribution in [2.75, 3.05) is 11.9 Å². The molecule has 0 radical (unpaired) electrons. The third kappa shape index (κ3) is 2.79. The number of carboxylic acid groups (broad SMARTS) is 2. The van der Waals surface area contributed by atoms with Crippen LogP contribution in [0.1, 0.15) is 20.7 Å². The van der Waals surface area contributed by atoms with Gasteiger partial charge in [0.15, 0.2) is 0 Å². The van der Waals surface area contributed by atoms with Crippen molar-refractivity contribution >= 4 is 23.5 Å². The van der Waals surface area contributed by atoms with E-state index in [2.05, 4.69) is 5.32 Å². The highest BCUT2D eigenvalue weighted by Crippen LogP contribution is 2.20. The number of carbonyl (C=O) groups is 3. The van der Waals surface area contributed by atoms with Gasteiger partial charge in [-0.15, -0.1) is 0 Å². The van der Waals surface area contributed by atoms with Crippen LogP contribution in [0.15, 0.2) is 18.2 Å². The zero-order valence-electron chi connectivity index (χ0n) is 8.51. The van der Waals surface area contributed by atoms with E-state index in [0.29, 0.717) is 0 Å². The van der Waals surface area contributed by atoms with Gasteiger partial charge in [0, 0.05) is 0 Å². The van der Waals surface area contributed by atoms with Crippen LogP contribution in [0, 0.1) is 0 Å². The van der Waals surface area contributed by atoms with Crippen LogP contribution in [0.4, 0.5) is 5.69 Å². The molecule has 0 aliphatic rings. The van der Waals surface area contributed by atoms with Crippen molar-refractivity contribution in [3.63, 3.8) is 0 Å². The summed E-state index contributed by atoms with van der Waals surface area (Å²) < 4.78 is 0. The molecule has 7 nitrogen and oxygen atoms in total. The lowest BCUT2D eigenvalue weighted by Crippen LogP contribution is -2.19. The Morgan fingerprint density at radius 2 is 1.76 bits per heavy atom. The Morgan fingerprint density at radius 1 is 1.12 bits per heavy atom. The molecule has 1 amide bonds. The smallest absolute Gasteiger partial charge is 0.338 e.